The molecular weight excluding hydrogens is 318 g/mol. The number of imidazole rings is 1. The minimum absolute atomic E-state index is 0.132. The lowest BCUT2D eigenvalue weighted by atomic mass is 10.3. The fraction of sp³-hybridized carbons (Fsp3) is 0.0667. The van der Waals surface area contributed by atoms with Crippen molar-refractivity contribution >= 4 is 32.9 Å². The molecule has 2 N–H and O–H groups in total. The van der Waals surface area contributed by atoms with Crippen molar-refractivity contribution in [1.29, 1.82) is 0 Å². The van der Waals surface area contributed by atoms with Crippen molar-refractivity contribution < 1.29 is 17.9 Å². The van der Waals surface area contributed by atoms with Gasteiger partial charge in [-0.1, -0.05) is 18.2 Å². The lowest BCUT2D eigenvalue weighted by molar-refractivity contribution is 0.186. The molecule has 0 saturated heterocycles. The van der Waals surface area contributed by atoms with E-state index in [-0.39, 0.29) is 15.7 Å². The van der Waals surface area contributed by atoms with Crippen LogP contribution in [0, 0.1) is 0 Å². The van der Waals surface area contributed by atoms with Gasteiger partial charge in [-0.2, -0.15) is 0 Å². The number of benzene rings is 2. The van der Waals surface area contributed by atoms with Crippen LogP contribution in [-0.2, 0) is 14.6 Å². The molecule has 0 aliphatic heterocycles. The first-order valence-electron chi connectivity index (χ1n) is 6.65. The number of methoxy groups -OCH3 is 1. The number of nitrogens with zero attached hydrogens (tertiary/aromatic N) is 1. The number of carbonyl (C=O) groups excluding carboxylic acids is 1. The van der Waals surface area contributed by atoms with Gasteiger partial charge in [0.1, 0.15) is 0 Å². The van der Waals surface area contributed by atoms with Gasteiger partial charge in [0.2, 0.25) is 15.8 Å². The zero-order valence-electron chi connectivity index (χ0n) is 12.1. The summed E-state index contributed by atoms with van der Waals surface area (Å²) in [6, 6.07) is 12.7. The fourth-order valence-corrected chi connectivity index (χ4v) is 3.40. The van der Waals surface area contributed by atoms with E-state index in [2.05, 4.69) is 20.0 Å². The Labute approximate surface area is 132 Å². The van der Waals surface area contributed by atoms with E-state index in [1.54, 1.807) is 24.3 Å². The van der Waals surface area contributed by atoms with E-state index < -0.39 is 15.9 Å². The normalized spacial score (nSPS) is 11.3. The first-order chi connectivity index (χ1) is 11.0. The highest BCUT2D eigenvalue weighted by molar-refractivity contribution is 7.91. The smallest absolute Gasteiger partial charge is 0.413 e. The third-order valence-corrected chi connectivity index (χ3v) is 4.99. The van der Waals surface area contributed by atoms with Gasteiger partial charge in [-0.15, -0.1) is 0 Å². The van der Waals surface area contributed by atoms with E-state index >= 15 is 0 Å². The number of aromatic nitrogens is 2. The average molecular weight is 331 g/mol. The van der Waals surface area contributed by atoms with Crippen molar-refractivity contribution in [3.63, 3.8) is 0 Å². The minimum Gasteiger partial charge on any atom is -0.453 e. The van der Waals surface area contributed by atoms with Gasteiger partial charge in [-0.25, -0.2) is 18.2 Å². The molecular formula is C15H13N3O4S. The molecule has 0 spiro atoms. The molecule has 0 aliphatic carbocycles. The second-order valence-electron chi connectivity index (χ2n) is 4.70. The number of carbonyl (C=O) groups is 1. The molecule has 0 atom stereocenters. The molecule has 2 aromatic carbocycles. The number of nitrogens with one attached hydrogen (secondary N) is 2. The average Bonchev–Trinajstić information content (AvgIpc) is 2.96. The Balaban J connectivity index is 2.02. The maximum Gasteiger partial charge on any atom is 0.413 e. The summed E-state index contributed by atoms with van der Waals surface area (Å²) in [6.07, 6.45) is -0.666. The van der Waals surface area contributed by atoms with E-state index in [0.717, 1.165) is 0 Å². The van der Waals surface area contributed by atoms with Crippen LogP contribution in [0.1, 0.15) is 0 Å². The number of hydrogen-bond acceptors (Lipinski definition) is 5. The molecule has 1 heterocycles. The number of hydrogen-bond donors (Lipinski definition) is 2. The molecule has 3 aromatic rings. The summed E-state index contributed by atoms with van der Waals surface area (Å²) in [7, 11) is -2.38. The van der Waals surface area contributed by atoms with Gasteiger partial charge < -0.3 is 9.72 Å². The summed E-state index contributed by atoms with van der Waals surface area (Å²) in [6.45, 7) is 0. The molecule has 0 fully saturated rings. The zero-order chi connectivity index (χ0) is 16.4. The van der Waals surface area contributed by atoms with E-state index in [9.17, 15) is 13.2 Å². The van der Waals surface area contributed by atoms with Crippen molar-refractivity contribution in [3.05, 3.63) is 48.5 Å². The molecule has 0 radical (unpaired) electrons. The van der Waals surface area contributed by atoms with Gasteiger partial charge in [0, 0.05) is 0 Å². The van der Waals surface area contributed by atoms with Crippen molar-refractivity contribution in [3.8, 4) is 0 Å². The number of fused-ring (bicyclic) bond motifs is 1. The van der Waals surface area contributed by atoms with Crippen LogP contribution in [0.3, 0.4) is 0 Å². The molecule has 3 rings (SSSR count). The van der Waals surface area contributed by atoms with Crippen molar-refractivity contribution in [2.24, 2.45) is 0 Å². The third kappa shape index (κ3) is 2.88. The lowest BCUT2D eigenvalue weighted by Gasteiger charge is -2.03. The largest absolute Gasteiger partial charge is 0.453 e. The van der Waals surface area contributed by atoms with Crippen LogP contribution in [0.4, 0.5) is 10.7 Å². The van der Waals surface area contributed by atoms with E-state index in [0.29, 0.717) is 11.0 Å². The number of rotatable bonds is 3. The summed E-state index contributed by atoms with van der Waals surface area (Å²) >= 11 is 0. The molecule has 0 saturated carbocycles. The number of H-pyrrole nitrogens is 1. The van der Waals surface area contributed by atoms with Crippen LogP contribution in [0.2, 0.25) is 0 Å². The zero-order valence-corrected chi connectivity index (χ0v) is 12.9. The molecule has 7 nitrogen and oxygen atoms in total. The summed E-state index contributed by atoms with van der Waals surface area (Å²) in [5, 5.41) is 2.39. The highest BCUT2D eigenvalue weighted by Gasteiger charge is 2.18. The molecule has 1 aromatic heterocycles. The maximum atomic E-state index is 12.6. The van der Waals surface area contributed by atoms with Crippen molar-refractivity contribution in [2.75, 3.05) is 12.4 Å². The fourth-order valence-electron chi connectivity index (χ4n) is 2.10. The lowest BCUT2D eigenvalue weighted by Crippen LogP contribution is -2.11. The Kier molecular flexibility index (Phi) is 3.75. The Morgan fingerprint density at radius 2 is 1.87 bits per heavy atom. The molecule has 0 bridgehead atoms. The molecule has 1 amide bonds. The number of sulfone groups is 1. The Morgan fingerprint density at radius 1 is 1.13 bits per heavy atom. The Hall–Kier alpha value is -2.87. The molecule has 0 unspecified atom stereocenters. The number of amides is 1. The van der Waals surface area contributed by atoms with Gasteiger partial charge in [-0.3, -0.25) is 5.32 Å². The first kappa shape index (κ1) is 15.0. The number of anilines is 1. The number of ether oxygens (including phenoxy) is 1. The second kappa shape index (κ2) is 5.73. The Bertz CT molecular complexity index is 965. The molecule has 0 aliphatic rings. The highest BCUT2D eigenvalue weighted by Crippen LogP contribution is 2.24. The number of aromatic amines is 1. The van der Waals surface area contributed by atoms with Crippen LogP contribution in [-0.4, -0.2) is 31.6 Å². The van der Waals surface area contributed by atoms with Gasteiger partial charge in [0.25, 0.3) is 0 Å². The van der Waals surface area contributed by atoms with Crippen molar-refractivity contribution in [1.82, 2.24) is 9.97 Å². The highest BCUT2D eigenvalue weighted by atomic mass is 32.2. The SMILES string of the molecule is COC(=O)Nc1nc2cc(S(=O)(=O)c3ccccc3)ccc2[nH]1. The second-order valence-corrected chi connectivity index (χ2v) is 6.65. The predicted octanol–water partition coefficient (Wildman–Crippen LogP) is 2.57. The van der Waals surface area contributed by atoms with Crippen LogP contribution in [0.25, 0.3) is 11.0 Å². The first-order valence-corrected chi connectivity index (χ1v) is 8.14. The molecule has 23 heavy (non-hydrogen) atoms. The van der Waals surface area contributed by atoms with Gasteiger partial charge in [0.05, 0.1) is 27.9 Å². The van der Waals surface area contributed by atoms with Crippen LogP contribution in [0.15, 0.2) is 58.3 Å². The molecule has 8 heteroatoms. The standard InChI is InChI=1S/C15H13N3O4S/c1-22-15(19)18-14-16-12-8-7-11(9-13(12)17-14)23(20,21)10-5-3-2-4-6-10/h2-9H,1H3,(H2,16,17,18,19). The topological polar surface area (TPSA) is 101 Å². The maximum absolute atomic E-state index is 12.6. The summed E-state index contributed by atoms with van der Waals surface area (Å²) in [5.74, 6) is 0.182. The quantitative estimate of drug-likeness (QED) is 0.768. The van der Waals surface area contributed by atoms with Crippen LogP contribution in [0.5, 0.6) is 0 Å². The molecule has 118 valence electrons. The Morgan fingerprint density at radius 3 is 2.57 bits per heavy atom. The summed E-state index contributed by atoms with van der Waals surface area (Å²) < 4.78 is 29.6. The predicted molar refractivity (Wildman–Crippen MR) is 84.0 cm³/mol. The van der Waals surface area contributed by atoms with Gasteiger partial charge in [0.15, 0.2) is 0 Å². The van der Waals surface area contributed by atoms with Gasteiger partial charge >= 0.3 is 6.09 Å². The van der Waals surface area contributed by atoms with E-state index in [1.807, 2.05) is 0 Å². The monoisotopic (exact) mass is 331 g/mol. The van der Waals surface area contributed by atoms with Crippen molar-refractivity contribution in [2.45, 2.75) is 9.79 Å². The minimum atomic E-state index is -3.61. The third-order valence-electron chi connectivity index (χ3n) is 3.22. The summed E-state index contributed by atoms with van der Waals surface area (Å²) in [5.41, 5.74) is 1.02. The van der Waals surface area contributed by atoms with Crippen LogP contribution >= 0.6 is 0 Å². The van der Waals surface area contributed by atoms with E-state index in [1.165, 1.54) is 31.4 Å². The van der Waals surface area contributed by atoms with E-state index in [4.69, 9.17) is 0 Å². The van der Waals surface area contributed by atoms with Crippen LogP contribution < -0.4 is 5.32 Å². The van der Waals surface area contributed by atoms with Gasteiger partial charge in [-0.05, 0) is 30.3 Å². The summed E-state index contributed by atoms with van der Waals surface area (Å²) in [4.78, 5) is 18.5.